The van der Waals surface area contributed by atoms with E-state index < -0.39 is 31.6 Å². The van der Waals surface area contributed by atoms with Gasteiger partial charge in [-0.25, -0.2) is 4.57 Å². The molecule has 2 heterocycles. The van der Waals surface area contributed by atoms with Crippen molar-refractivity contribution in [2.45, 2.75) is 25.0 Å². The zero-order valence-electron chi connectivity index (χ0n) is 25.2. The van der Waals surface area contributed by atoms with Gasteiger partial charge < -0.3 is 49.0 Å². The van der Waals surface area contributed by atoms with Crippen LogP contribution < -0.4 is 23.5 Å². The lowest BCUT2D eigenvalue weighted by atomic mass is 9.95. The molecule has 6 rings (SSSR count). The van der Waals surface area contributed by atoms with Crippen LogP contribution in [0.3, 0.4) is 0 Å². The Hall–Kier alpha value is -5.63. The van der Waals surface area contributed by atoms with E-state index in [1.165, 1.54) is 38.5 Å². The van der Waals surface area contributed by atoms with E-state index >= 15 is 0 Å². The molecule has 4 aromatic rings. The van der Waals surface area contributed by atoms with Crippen molar-refractivity contribution in [1.29, 1.82) is 0 Å². The van der Waals surface area contributed by atoms with Crippen LogP contribution in [-0.4, -0.2) is 61.1 Å². The van der Waals surface area contributed by atoms with E-state index in [4.69, 9.17) is 28.7 Å². The predicted octanol–water partition coefficient (Wildman–Crippen LogP) is 4.80. The lowest BCUT2D eigenvalue weighted by Crippen LogP contribution is -2.20. The van der Waals surface area contributed by atoms with E-state index in [1.807, 2.05) is 0 Å². The lowest BCUT2D eigenvalue weighted by molar-refractivity contribution is 0.0834. The van der Waals surface area contributed by atoms with Crippen LogP contribution in [0.1, 0.15) is 56.9 Å². The number of phosphoric ester groups is 1. The zero-order valence-corrected chi connectivity index (χ0v) is 26.1. The van der Waals surface area contributed by atoms with E-state index in [2.05, 4.69) is 4.52 Å². The number of benzene rings is 4. The number of Topliss-reactive ketones (excluding diaryl/α,β-unsaturated/α-hetero) is 2. The Balaban J connectivity index is 0.000000190. The average Bonchev–Trinajstić information content (AvgIpc) is 2.99. The van der Waals surface area contributed by atoms with Gasteiger partial charge in [-0.3, -0.25) is 19.4 Å². The summed E-state index contributed by atoms with van der Waals surface area (Å²) in [5.41, 5.74) is 1.05. The van der Waals surface area contributed by atoms with Crippen LogP contribution in [0.25, 0.3) is 0 Å². The Bertz CT molecular complexity index is 1950. The first-order valence-corrected chi connectivity index (χ1v) is 15.5. The van der Waals surface area contributed by atoms with Crippen molar-refractivity contribution in [3.05, 3.63) is 82.9 Å². The Labute approximate surface area is 272 Å². The summed E-state index contributed by atoms with van der Waals surface area (Å²) in [4.78, 5) is 42.3. The number of phenols is 5. The van der Waals surface area contributed by atoms with Crippen LogP contribution in [-0.2, 0) is 4.57 Å². The summed E-state index contributed by atoms with van der Waals surface area (Å²) in [6, 6.07) is 13.7. The predicted molar refractivity (Wildman–Crippen MR) is 165 cm³/mol. The number of ketones is 2. The number of hydrogen-bond donors (Lipinski definition) is 7. The average molecular weight is 685 g/mol. The zero-order chi connectivity index (χ0) is 34.9. The molecule has 4 aromatic carbocycles. The fraction of sp³-hybridized carbons (Fsp3) is 0.188. The molecule has 7 N–H and O–H groups in total. The first-order chi connectivity index (χ1) is 22.7. The van der Waals surface area contributed by atoms with Gasteiger partial charge in [0, 0.05) is 24.3 Å². The van der Waals surface area contributed by atoms with Gasteiger partial charge in [-0.1, -0.05) is 12.1 Å². The number of methoxy groups -OCH3 is 2. The highest BCUT2D eigenvalue weighted by Gasteiger charge is 2.33. The molecular formula is C32H29O15P. The highest BCUT2D eigenvalue weighted by Crippen LogP contribution is 2.46. The third-order valence-electron chi connectivity index (χ3n) is 7.33. The molecule has 48 heavy (non-hydrogen) atoms. The molecule has 2 aliphatic rings. The van der Waals surface area contributed by atoms with E-state index in [0.717, 1.165) is 18.2 Å². The Morgan fingerprint density at radius 1 is 0.646 bits per heavy atom. The van der Waals surface area contributed by atoms with Crippen LogP contribution in [0.4, 0.5) is 0 Å². The van der Waals surface area contributed by atoms with Gasteiger partial charge in [-0.05, 0) is 35.4 Å². The quantitative estimate of drug-likeness (QED) is 0.135. The molecule has 0 fully saturated rings. The third-order valence-corrected chi connectivity index (χ3v) is 7.78. The number of rotatable bonds is 6. The Morgan fingerprint density at radius 2 is 1.10 bits per heavy atom. The molecule has 0 spiro atoms. The number of aromatic hydroxyl groups is 5. The van der Waals surface area contributed by atoms with Gasteiger partial charge in [0.1, 0.15) is 57.8 Å². The minimum absolute atomic E-state index is 0.0249. The molecule has 252 valence electrons. The van der Waals surface area contributed by atoms with Crippen molar-refractivity contribution in [2.75, 3.05) is 14.2 Å². The van der Waals surface area contributed by atoms with Crippen LogP contribution in [0, 0.1) is 0 Å². The van der Waals surface area contributed by atoms with E-state index in [-0.39, 0.29) is 75.7 Å². The monoisotopic (exact) mass is 684 g/mol. The molecule has 0 bridgehead atoms. The second-order valence-electron chi connectivity index (χ2n) is 10.6. The van der Waals surface area contributed by atoms with Crippen LogP contribution in [0.15, 0.2) is 60.7 Å². The number of fused-ring (bicyclic) bond motifs is 2. The smallest absolute Gasteiger partial charge is 0.508 e. The summed E-state index contributed by atoms with van der Waals surface area (Å²) in [5.74, 6) is -1.64. The molecule has 0 aliphatic carbocycles. The van der Waals surface area contributed by atoms with Crippen LogP contribution >= 0.6 is 7.82 Å². The van der Waals surface area contributed by atoms with Gasteiger partial charge >= 0.3 is 7.82 Å². The highest BCUT2D eigenvalue weighted by atomic mass is 31.2. The standard InChI is InChI=1S/C16H15O9P.C16H14O6/c1-23-13-3-2-8(4-10(13)17)14-7-12(19)16-11(18)5-9(6-15(16)24-14)25-26(20,21)22;1-21-13-3-2-8(4-10(13)18)14-7-12(20)16-11(19)5-9(17)6-15(16)22-14/h2-6,14,17-18H,7H2,1H3,(H2,20,21,22);2-6,14,17-19H,7H2,1H3/t2*14-/m00/s1. The minimum atomic E-state index is -4.85. The Kier molecular flexibility index (Phi) is 9.30. The second-order valence-corrected chi connectivity index (χ2v) is 11.7. The number of hydrogen-bond acceptors (Lipinski definition) is 13. The largest absolute Gasteiger partial charge is 0.524 e. The van der Waals surface area contributed by atoms with Gasteiger partial charge in [0.2, 0.25) is 0 Å². The molecule has 0 aromatic heterocycles. The topological polar surface area (TPSA) is 239 Å². The fourth-order valence-corrected chi connectivity index (χ4v) is 5.60. The molecule has 0 amide bonds. The normalized spacial score (nSPS) is 16.7. The maximum Gasteiger partial charge on any atom is 0.524 e. The fourth-order valence-electron chi connectivity index (χ4n) is 5.22. The van der Waals surface area contributed by atoms with Crippen LogP contribution in [0.5, 0.6) is 57.5 Å². The molecule has 2 atom stereocenters. The van der Waals surface area contributed by atoms with E-state index in [9.17, 15) is 39.7 Å². The molecule has 0 saturated heterocycles. The molecule has 0 unspecified atom stereocenters. The molecule has 0 radical (unpaired) electrons. The van der Waals surface area contributed by atoms with E-state index in [1.54, 1.807) is 18.2 Å². The molecule has 15 nitrogen and oxygen atoms in total. The summed E-state index contributed by atoms with van der Waals surface area (Å²) >= 11 is 0. The highest BCUT2D eigenvalue weighted by molar-refractivity contribution is 7.46. The summed E-state index contributed by atoms with van der Waals surface area (Å²) in [6.07, 6.45) is -1.45. The van der Waals surface area contributed by atoms with Crippen molar-refractivity contribution in [1.82, 2.24) is 0 Å². The second kappa shape index (κ2) is 13.2. The summed E-state index contributed by atoms with van der Waals surface area (Å²) < 4.78 is 36.7. The summed E-state index contributed by atoms with van der Waals surface area (Å²) in [7, 11) is -2.00. The summed E-state index contributed by atoms with van der Waals surface area (Å²) in [6.45, 7) is 0. The van der Waals surface area contributed by atoms with Crippen molar-refractivity contribution < 1.29 is 72.9 Å². The first kappa shape index (κ1) is 33.7. The Morgan fingerprint density at radius 3 is 1.54 bits per heavy atom. The number of phenolic OH excluding ortho intramolecular Hbond substituents is 5. The van der Waals surface area contributed by atoms with Crippen molar-refractivity contribution in [2.24, 2.45) is 0 Å². The van der Waals surface area contributed by atoms with Gasteiger partial charge in [0.15, 0.2) is 34.6 Å². The number of carbonyl (C=O) groups is 2. The van der Waals surface area contributed by atoms with Crippen LogP contribution in [0.2, 0.25) is 0 Å². The van der Waals surface area contributed by atoms with Crippen molar-refractivity contribution in [3.63, 3.8) is 0 Å². The SMILES string of the molecule is COc1ccc([C@@H]2CC(=O)c3c(O)cc(O)cc3O2)cc1O.COc1ccc([C@@H]2CC(=O)c3c(O)cc(OP(=O)(O)O)cc3O2)cc1O. The van der Waals surface area contributed by atoms with Gasteiger partial charge in [0.05, 0.1) is 27.1 Å². The maximum absolute atomic E-state index is 12.4. The molecule has 16 heteroatoms. The first-order valence-electron chi connectivity index (χ1n) is 14.0. The van der Waals surface area contributed by atoms with Crippen molar-refractivity contribution >= 4 is 19.4 Å². The number of ether oxygens (including phenoxy) is 4. The molecule has 2 aliphatic heterocycles. The lowest BCUT2D eigenvalue weighted by Gasteiger charge is -2.26. The molecule has 0 saturated carbocycles. The maximum atomic E-state index is 12.4. The minimum Gasteiger partial charge on any atom is -0.508 e. The van der Waals surface area contributed by atoms with Gasteiger partial charge in [0.25, 0.3) is 0 Å². The van der Waals surface area contributed by atoms with Gasteiger partial charge in [-0.15, -0.1) is 0 Å². The third kappa shape index (κ3) is 7.18. The number of carbonyl (C=O) groups excluding carboxylic acids is 2. The number of phosphoric acid groups is 1. The van der Waals surface area contributed by atoms with E-state index in [0.29, 0.717) is 16.9 Å². The molecular weight excluding hydrogens is 655 g/mol. The van der Waals surface area contributed by atoms with Crippen molar-refractivity contribution in [3.8, 4) is 57.5 Å². The summed E-state index contributed by atoms with van der Waals surface area (Å²) in [5, 5.41) is 49.0. The van der Waals surface area contributed by atoms with Gasteiger partial charge in [-0.2, -0.15) is 0 Å².